The van der Waals surface area contributed by atoms with Crippen LogP contribution in [-0.4, -0.2) is 23.0 Å². The van der Waals surface area contributed by atoms with Gasteiger partial charge in [0, 0.05) is 5.56 Å². The molecule has 1 aliphatic heterocycles. The summed E-state index contributed by atoms with van der Waals surface area (Å²) in [4.78, 5) is 11.6. The van der Waals surface area contributed by atoms with Crippen LogP contribution in [0.4, 0.5) is 0 Å². The first-order valence-corrected chi connectivity index (χ1v) is 6.00. The number of carbonyl (C=O) groups is 1. The molecule has 1 aromatic carbocycles. The summed E-state index contributed by atoms with van der Waals surface area (Å²) in [5.74, 6) is -0.238. The molecule has 3 rings (SSSR count). The molecule has 18 heavy (non-hydrogen) atoms. The van der Waals surface area contributed by atoms with E-state index in [-0.39, 0.29) is 18.3 Å². The van der Waals surface area contributed by atoms with Gasteiger partial charge in [-0.25, -0.2) is 0 Å². The third-order valence-corrected chi connectivity index (χ3v) is 3.90. The Morgan fingerprint density at radius 2 is 1.94 bits per heavy atom. The number of phenolic OH excluding ortho intramolecular Hbond substituents is 1. The number of phenols is 1. The zero-order valence-electron chi connectivity index (χ0n) is 9.81. The monoisotopic (exact) mass is 250 g/mol. The Bertz CT molecular complexity index is 502. The van der Waals surface area contributed by atoms with Crippen LogP contribution in [0.2, 0.25) is 0 Å². The highest BCUT2D eigenvalue weighted by atomic mass is 16.7. The van der Waals surface area contributed by atoms with Crippen LogP contribution in [0.3, 0.4) is 0 Å². The van der Waals surface area contributed by atoms with Gasteiger partial charge in [-0.2, -0.15) is 0 Å². The van der Waals surface area contributed by atoms with Crippen LogP contribution in [0.5, 0.6) is 17.2 Å². The van der Waals surface area contributed by atoms with Crippen LogP contribution in [-0.2, 0) is 10.2 Å². The zero-order chi connectivity index (χ0) is 12.8. The van der Waals surface area contributed by atoms with E-state index in [1.807, 2.05) is 0 Å². The van der Waals surface area contributed by atoms with Crippen molar-refractivity contribution in [3.63, 3.8) is 0 Å². The smallest absolute Gasteiger partial charge is 0.314 e. The highest BCUT2D eigenvalue weighted by Crippen LogP contribution is 2.51. The molecular formula is C13H14O5. The molecule has 1 saturated carbocycles. The molecule has 0 spiro atoms. The van der Waals surface area contributed by atoms with Gasteiger partial charge in [0.05, 0.1) is 5.41 Å². The molecule has 0 unspecified atom stereocenters. The van der Waals surface area contributed by atoms with Crippen LogP contribution in [0.15, 0.2) is 12.1 Å². The van der Waals surface area contributed by atoms with Gasteiger partial charge in [-0.05, 0) is 18.9 Å². The van der Waals surface area contributed by atoms with Crippen LogP contribution < -0.4 is 9.47 Å². The molecule has 96 valence electrons. The predicted molar refractivity (Wildman–Crippen MR) is 62.0 cm³/mol. The average Bonchev–Trinajstić information content (AvgIpc) is 2.98. The Hall–Kier alpha value is -1.91. The van der Waals surface area contributed by atoms with Crippen molar-refractivity contribution < 1.29 is 24.5 Å². The number of ether oxygens (including phenoxy) is 2. The van der Waals surface area contributed by atoms with E-state index < -0.39 is 11.4 Å². The summed E-state index contributed by atoms with van der Waals surface area (Å²) in [6.45, 7) is 0.0619. The number of hydrogen-bond acceptors (Lipinski definition) is 4. The zero-order valence-corrected chi connectivity index (χ0v) is 9.81. The topological polar surface area (TPSA) is 76.0 Å². The quantitative estimate of drug-likeness (QED) is 0.839. The second kappa shape index (κ2) is 3.80. The Morgan fingerprint density at radius 1 is 1.22 bits per heavy atom. The maximum Gasteiger partial charge on any atom is 0.314 e. The number of aliphatic carboxylic acids is 1. The first kappa shape index (κ1) is 11.2. The van der Waals surface area contributed by atoms with Crippen LogP contribution >= 0.6 is 0 Å². The average molecular weight is 250 g/mol. The van der Waals surface area contributed by atoms with Crippen molar-refractivity contribution in [3.8, 4) is 17.2 Å². The SMILES string of the molecule is O=C(O)C1(c2ccc3c(c2O)OCO3)CCCC1. The molecule has 1 fully saturated rings. The maximum absolute atomic E-state index is 11.6. The summed E-state index contributed by atoms with van der Waals surface area (Å²) >= 11 is 0. The summed E-state index contributed by atoms with van der Waals surface area (Å²) in [6.07, 6.45) is 2.82. The first-order chi connectivity index (χ1) is 8.65. The fourth-order valence-electron chi connectivity index (χ4n) is 2.92. The van der Waals surface area contributed by atoms with Crippen molar-refractivity contribution in [2.24, 2.45) is 0 Å². The standard InChI is InChI=1S/C13H14O5/c14-10-8(3-4-9-11(10)18-7-17-9)13(12(15)16)5-1-2-6-13/h3-4,14H,1-2,5-7H2,(H,15,16). The van der Waals surface area contributed by atoms with E-state index in [1.165, 1.54) is 0 Å². The molecule has 0 radical (unpaired) electrons. The van der Waals surface area contributed by atoms with Gasteiger partial charge in [0.25, 0.3) is 0 Å². The lowest BCUT2D eigenvalue weighted by Gasteiger charge is -2.25. The molecule has 5 nitrogen and oxygen atoms in total. The van der Waals surface area contributed by atoms with Crippen LogP contribution in [0, 0.1) is 0 Å². The molecule has 2 aliphatic rings. The van der Waals surface area contributed by atoms with Gasteiger partial charge in [-0.15, -0.1) is 0 Å². The van der Waals surface area contributed by atoms with Crippen molar-refractivity contribution in [2.75, 3.05) is 6.79 Å². The Morgan fingerprint density at radius 3 is 2.61 bits per heavy atom. The molecule has 0 aromatic heterocycles. The van der Waals surface area contributed by atoms with E-state index in [4.69, 9.17) is 9.47 Å². The molecule has 2 N–H and O–H groups in total. The predicted octanol–water partition coefficient (Wildman–Crippen LogP) is 2.02. The number of aromatic hydroxyl groups is 1. The number of benzene rings is 1. The van der Waals surface area contributed by atoms with Crippen molar-refractivity contribution in [1.82, 2.24) is 0 Å². The van der Waals surface area contributed by atoms with E-state index in [2.05, 4.69) is 0 Å². The van der Waals surface area contributed by atoms with Gasteiger partial charge < -0.3 is 19.7 Å². The second-order valence-electron chi connectivity index (χ2n) is 4.79. The summed E-state index contributed by atoms with van der Waals surface area (Å²) in [5.41, 5.74) is -0.540. The molecule has 0 atom stereocenters. The molecule has 0 amide bonds. The maximum atomic E-state index is 11.6. The summed E-state index contributed by atoms with van der Waals surface area (Å²) in [6, 6.07) is 3.31. The summed E-state index contributed by atoms with van der Waals surface area (Å²) < 4.78 is 10.3. The summed E-state index contributed by atoms with van der Waals surface area (Å²) in [5, 5.41) is 19.7. The normalized spacial score (nSPS) is 20.0. The molecule has 0 saturated heterocycles. The highest BCUT2D eigenvalue weighted by molar-refractivity contribution is 5.84. The van der Waals surface area contributed by atoms with Crippen molar-refractivity contribution in [3.05, 3.63) is 17.7 Å². The van der Waals surface area contributed by atoms with Gasteiger partial charge in [0.1, 0.15) is 0 Å². The fourth-order valence-corrected chi connectivity index (χ4v) is 2.92. The lowest BCUT2D eigenvalue weighted by molar-refractivity contribution is -0.143. The number of carboxylic acids is 1. The van der Waals surface area contributed by atoms with Gasteiger partial charge >= 0.3 is 5.97 Å². The molecule has 5 heteroatoms. The van der Waals surface area contributed by atoms with E-state index in [0.717, 1.165) is 12.8 Å². The second-order valence-corrected chi connectivity index (χ2v) is 4.79. The van der Waals surface area contributed by atoms with Crippen LogP contribution in [0.1, 0.15) is 31.2 Å². The Balaban J connectivity index is 2.14. The van der Waals surface area contributed by atoms with Gasteiger partial charge in [0.2, 0.25) is 12.5 Å². The number of hydrogen-bond donors (Lipinski definition) is 2. The van der Waals surface area contributed by atoms with E-state index in [1.54, 1.807) is 12.1 Å². The number of rotatable bonds is 2. The number of carboxylic acid groups (broad SMARTS) is 1. The minimum absolute atomic E-state index is 0.0619. The third-order valence-electron chi connectivity index (χ3n) is 3.90. The Labute approximate surface area is 104 Å². The van der Waals surface area contributed by atoms with Crippen LogP contribution in [0.25, 0.3) is 0 Å². The van der Waals surface area contributed by atoms with Crippen molar-refractivity contribution in [1.29, 1.82) is 0 Å². The lowest BCUT2D eigenvalue weighted by Crippen LogP contribution is -2.32. The first-order valence-electron chi connectivity index (χ1n) is 6.00. The fraction of sp³-hybridized carbons (Fsp3) is 0.462. The van der Waals surface area contributed by atoms with Gasteiger partial charge in [0.15, 0.2) is 11.5 Å². The summed E-state index contributed by atoms with van der Waals surface area (Å²) in [7, 11) is 0. The van der Waals surface area contributed by atoms with Crippen molar-refractivity contribution >= 4 is 5.97 Å². The molecule has 1 aromatic rings. The molecule has 1 heterocycles. The molecular weight excluding hydrogens is 236 g/mol. The van der Waals surface area contributed by atoms with E-state index in [0.29, 0.717) is 24.2 Å². The molecule has 1 aliphatic carbocycles. The van der Waals surface area contributed by atoms with E-state index >= 15 is 0 Å². The van der Waals surface area contributed by atoms with Gasteiger partial charge in [-0.1, -0.05) is 18.9 Å². The minimum atomic E-state index is -0.981. The Kier molecular flexibility index (Phi) is 2.36. The van der Waals surface area contributed by atoms with E-state index in [9.17, 15) is 15.0 Å². The van der Waals surface area contributed by atoms with Crippen molar-refractivity contribution in [2.45, 2.75) is 31.1 Å². The highest BCUT2D eigenvalue weighted by Gasteiger charge is 2.45. The third kappa shape index (κ3) is 1.36. The number of fused-ring (bicyclic) bond motifs is 1. The van der Waals surface area contributed by atoms with Gasteiger partial charge in [-0.3, -0.25) is 4.79 Å². The lowest BCUT2D eigenvalue weighted by atomic mass is 9.78. The molecule has 0 bridgehead atoms. The largest absolute Gasteiger partial charge is 0.504 e. The minimum Gasteiger partial charge on any atom is -0.504 e.